The SMILES string of the molecule is Cc1cnn([C@H](C)C(=O)N2CCC(c3nccn3C)CC2)c1. The van der Waals surface area contributed by atoms with Crippen molar-refractivity contribution < 1.29 is 4.79 Å². The molecule has 0 radical (unpaired) electrons. The Morgan fingerprint density at radius 1 is 1.36 bits per heavy atom. The number of piperidine rings is 1. The van der Waals surface area contributed by atoms with E-state index in [0.29, 0.717) is 5.92 Å². The number of carbonyl (C=O) groups is 1. The van der Waals surface area contributed by atoms with Gasteiger partial charge in [0.05, 0.1) is 6.20 Å². The molecule has 1 fully saturated rings. The second kappa shape index (κ2) is 5.94. The van der Waals surface area contributed by atoms with Crippen LogP contribution in [-0.4, -0.2) is 43.2 Å². The van der Waals surface area contributed by atoms with E-state index in [-0.39, 0.29) is 11.9 Å². The molecule has 1 aliphatic heterocycles. The highest BCUT2D eigenvalue weighted by Crippen LogP contribution is 2.27. The van der Waals surface area contributed by atoms with E-state index in [2.05, 4.69) is 14.6 Å². The van der Waals surface area contributed by atoms with Crippen molar-refractivity contribution in [2.24, 2.45) is 7.05 Å². The summed E-state index contributed by atoms with van der Waals surface area (Å²) in [7, 11) is 2.03. The van der Waals surface area contributed by atoms with Crippen LogP contribution in [0.4, 0.5) is 0 Å². The fraction of sp³-hybridized carbons (Fsp3) is 0.562. The highest BCUT2D eigenvalue weighted by atomic mass is 16.2. The summed E-state index contributed by atoms with van der Waals surface area (Å²) in [6.45, 7) is 5.49. The summed E-state index contributed by atoms with van der Waals surface area (Å²) in [5.41, 5.74) is 1.08. The maximum atomic E-state index is 12.6. The molecule has 1 atom stereocenters. The van der Waals surface area contributed by atoms with Gasteiger partial charge in [-0.15, -0.1) is 0 Å². The van der Waals surface area contributed by atoms with Crippen molar-refractivity contribution >= 4 is 5.91 Å². The van der Waals surface area contributed by atoms with E-state index >= 15 is 0 Å². The van der Waals surface area contributed by atoms with E-state index < -0.39 is 0 Å². The van der Waals surface area contributed by atoms with Crippen LogP contribution < -0.4 is 0 Å². The van der Waals surface area contributed by atoms with Crippen LogP contribution in [0.5, 0.6) is 0 Å². The van der Waals surface area contributed by atoms with Gasteiger partial charge in [-0.25, -0.2) is 4.98 Å². The summed E-state index contributed by atoms with van der Waals surface area (Å²) >= 11 is 0. The molecule has 6 nitrogen and oxygen atoms in total. The van der Waals surface area contributed by atoms with Crippen molar-refractivity contribution in [3.63, 3.8) is 0 Å². The molecule has 0 aromatic carbocycles. The number of imidazole rings is 1. The van der Waals surface area contributed by atoms with E-state index in [9.17, 15) is 4.79 Å². The number of hydrogen-bond acceptors (Lipinski definition) is 3. The van der Waals surface area contributed by atoms with Crippen LogP contribution in [0.15, 0.2) is 24.8 Å². The minimum atomic E-state index is -0.238. The van der Waals surface area contributed by atoms with Crippen LogP contribution in [0, 0.1) is 6.92 Å². The number of aromatic nitrogens is 4. The van der Waals surface area contributed by atoms with Crippen LogP contribution >= 0.6 is 0 Å². The van der Waals surface area contributed by atoms with Gasteiger partial charge in [0.25, 0.3) is 0 Å². The molecule has 0 aliphatic carbocycles. The maximum Gasteiger partial charge on any atom is 0.247 e. The van der Waals surface area contributed by atoms with Crippen molar-refractivity contribution in [1.29, 1.82) is 0 Å². The normalized spacial score (nSPS) is 17.7. The van der Waals surface area contributed by atoms with Crippen LogP contribution in [-0.2, 0) is 11.8 Å². The molecule has 2 aromatic rings. The molecule has 118 valence electrons. The first-order valence-corrected chi connectivity index (χ1v) is 7.83. The van der Waals surface area contributed by atoms with Crippen molar-refractivity contribution in [2.75, 3.05) is 13.1 Å². The minimum absolute atomic E-state index is 0.154. The molecule has 0 bridgehead atoms. The lowest BCUT2D eigenvalue weighted by molar-refractivity contribution is -0.135. The quantitative estimate of drug-likeness (QED) is 0.870. The third kappa shape index (κ3) is 2.77. The molecule has 3 rings (SSSR count). The monoisotopic (exact) mass is 301 g/mol. The Bertz CT molecular complexity index is 651. The molecular formula is C16H23N5O. The third-order valence-electron chi connectivity index (χ3n) is 4.52. The Balaban J connectivity index is 1.61. The average molecular weight is 301 g/mol. The zero-order chi connectivity index (χ0) is 15.7. The van der Waals surface area contributed by atoms with E-state index in [1.54, 1.807) is 10.9 Å². The number of hydrogen-bond donors (Lipinski definition) is 0. The molecule has 1 amide bonds. The summed E-state index contributed by atoms with van der Waals surface area (Å²) in [5.74, 6) is 1.73. The van der Waals surface area contributed by atoms with E-state index in [1.807, 2.05) is 44.4 Å². The topological polar surface area (TPSA) is 56.0 Å². The minimum Gasteiger partial charge on any atom is -0.341 e. The van der Waals surface area contributed by atoms with Gasteiger partial charge in [0.2, 0.25) is 5.91 Å². The zero-order valence-corrected chi connectivity index (χ0v) is 13.4. The van der Waals surface area contributed by atoms with Gasteiger partial charge >= 0.3 is 0 Å². The highest BCUT2D eigenvalue weighted by molar-refractivity contribution is 5.80. The second-order valence-electron chi connectivity index (χ2n) is 6.17. The van der Waals surface area contributed by atoms with Gasteiger partial charge < -0.3 is 9.47 Å². The smallest absolute Gasteiger partial charge is 0.247 e. The number of rotatable bonds is 3. The summed E-state index contributed by atoms with van der Waals surface area (Å²) in [6, 6.07) is -0.238. The van der Waals surface area contributed by atoms with Crippen molar-refractivity contribution in [2.45, 2.75) is 38.6 Å². The lowest BCUT2D eigenvalue weighted by atomic mass is 9.95. The molecule has 6 heteroatoms. The number of likely N-dealkylation sites (tertiary alicyclic amines) is 1. The van der Waals surface area contributed by atoms with Crippen molar-refractivity contribution in [3.8, 4) is 0 Å². The van der Waals surface area contributed by atoms with Gasteiger partial charge in [-0.3, -0.25) is 9.48 Å². The van der Waals surface area contributed by atoms with E-state index in [1.165, 1.54) is 0 Å². The predicted octanol–water partition coefficient (Wildman–Crippen LogP) is 1.89. The summed E-state index contributed by atoms with van der Waals surface area (Å²) < 4.78 is 3.83. The van der Waals surface area contributed by atoms with Crippen LogP contribution in [0.25, 0.3) is 0 Å². The Hall–Kier alpha value is -2.11. The number of aryl methyl sites for hydroxylation is 2. The highest BCUT2D eigenvalue weighted by Gasteiger charge is 2.29. The van der Waals surface area contributed by atoms with Gasteiger partial charge in [0, 0.05) is 44.6 Å². The lowest BCUT2D eigenvalue weighted by Crippen LogP contribution is -2.41. The Kier molecular flexibility index (Phi) is 4.00. The van der Waals surface area contributed by atoms with E-state index in [4.69, 9.17) is 0 Å². The standard InChI is InChI=1S/C16H23N5O/c1-12-10-18-21(11-12)13(2)16(22)20-7-4-14(5-8-20)15-17-6-9-19(15)3/h6,9-11,13-14H,4-5,7-8H2,1-3H3/t13-/m1/s1. The Labute approximate surface area is 130 Å². The number of carbonyl (C=O) groups excluding carboxylic acids is 1. The van der Waals surface area contributed by atoms with Gasteiger partial charge in [-0.05, 0) is 32.3 Å². The van der Waals surface area contributed by atoms with Gasteiger partial charge in [0.15, 0.2) is 0 Å². The Morgan fingerprint density at radius 3 is 2.64 bits per heavy atom. The molecule has 0 spiro atoms. The summed E-state index contributed by atoms with van der Waals surface area (Å²) in [5, 5.41) is 4.25. The van der Waals surface area contributed by atoms with Gasteiger partial charge in [-0.2, -0.15) is 5.10 Å². The fourth-order valence-corrected chi connectivity index (χ4v) is 3.15. The molecule has 0 unspecified atom stereocenters. The molecule has 3 heterocycles. The number of amides is 1. The first-order valence-electron chi connectivity index (χ1n) is 7.83. The third-order valence-corrected chi connectivity index (χ3v) is 4.52. The van der Waals surface area contributed by atoms with E-state index in [0.717, 1.165) is 37.3 Å². The lowest BCUT2D eigenvalue weighted by Gasteiger charge is -2.33. The first kappa shape index (κ1) is 14.8. The predicted molar refractivity (Wildman–Crippen MR) is 83.4 cm³/mol. The van der Waals surface area contributed by atoms with Gasteiger partial charge in [-0.1, -0.05) is 0 Å². The molecule has 0 saturated carbocycles. The van der Waals surface area contributed by atoms with Crippen molar-refractivity contribution in [1.82, 2.24) is 24.2 Å². The largest absolute Gasteiger partial charge is 0.341 e. The zero-order valence-electron chi connectivity index (χ0n) is 13.4. The fourth-order valence-electron chi connectivity index (χ4n) is 3.15. The molecule has 2 aromatic heterocycles. The molecule has 22 heavy (non-hydrogen) atoms. The summed E-state index contributed by atoms with van der Waals surface area (Å²) in [6.07, 6.45) is 9.48. The maximum absolute atomic E-state index is 12.6. The molecule has 0 N–H and O–H groups in total. The summed E-state index contributed by atoms with van der Waals surface area (Å²) in [4.78, 5) is 19.0. The molecule has 1 aliphatic rings. The van der Waals surface area contributed by atoms with Crippen LogP contribution in [0.2, 0.25) is 0 Å². The second-order valence-corrected chi connectivity index (χ2v) is 6.17. The Morgan fingerprint density at radius 2 is 2.09 bits per heavy atom. The van der Waals surface area contributed by atoms with Crippen molar-refractivity contribution in [3.05, 3.63) is 36.2 Å². The van der Waals surface area contributed by atoms with Crippen LogP contribution in [0.1, 0.15) is 43.1 Å². The average Bonchev–Trinajstić information content (AvgIpc) is 3.14. The first-order chi connectivity index (χ1) is 10.6. The molecular weight excluding hydrogens is 278 g/mol. The molecule has 1 saturated heterocycles. The van der Waals surface area contributed by atoms with Gasteiger partial charge in [0.1, 0.15) is 11.9 Å². The van der Waals surface area contributed by atoms with Crippen LogP contribution in [0.3, 0.4) is 0 Å². The number of nitrogens with zero attached hydrogens (tertiary/aromatic N) is 5.